The molecule has 0 fully saturated rings. The molecule has 0 N–H and O–H groups in total. The highest BCUT2D eigenvalue weighted by atomic mass is 15.0. The SMILES string of the molecule is Cc1ccccc1-c1cc(-c2cccc(-c3ccccc3-n3c4ccccc4c4ccc(C)c(-c5ccccc5C)c43)c2)ccc1C. The molecule has 226 valence electrons. The average Bonchev–Trinajstić information content (AvgIpc) is 3.43. The number of hydrogen-bond donors (Lipinski definition) is 0. The first-order chi connectivity index (χ1) is 23.0. The predicted molar refractivity (Wildman–Crippen MR) is 201 cm³/mol. The van der Waals surface area contributed by atoms with Gasteiger partial charge in [-0.2, -0.15) is 0 Å². The molecule has 1 heterocycles. The number of aromatic nitrogens is 1. The molecule has 0 aliphatic carbocycles. The van der Waals surface area contributed by atoms with E-state index in [0.717, 1.165) is 0 Å². The Bertz CT molecular complexity index is 2460. The molecule has 8 rings (SSSR count). The molecule has 0 atom stereocenters. The van der Waals surface area contributed by atoms with E-state index in [1.54, 1.807) is 0 Å². The molecule has 47 heavy (non-hydrogen) atoms. The van der Waals surface area contributed by atoms with Crippen molar-refractivity contribution >= 4 is 21.8 Å². The highest BCUT2D eigenvalue weighted by molar-refractivity contribution is 6.15. The summed E-state index contributed by atoms with van der Waals surface area (Å²) in [5, 5.41) is 2.54. The van der Waals surface area contributed by atoms with Gasteiger partial charge in [0.15, 0.2) is 0 Å². The molecule has 0 aliphatic heterocycles. The van der Waals surface area contributed by atoms with Crippen molar-refractivity contribution < 1.29 is 0 Å². The van der Waals surface area contributed by atoms with E-state index in [4.69, 9.17) is 0 Å². The van der Waals surface area contributed by atoms with E-state index in [1.165, 1.54) is 94.3 Å². The third kappa shape index (κ3) is 4.87. The van der Waals surface area contributed by atoms with Crippen LogP contribution in [0.15, 0.2) is 152 Å². The van der Waals surface area contributed by atoms with Gasteiger partial charge in [-0.15, -0.1) is 0 Å². The maximum atomic E-state index is 2.50. The first-order valence-corrected chi connectivity index (χ1v) is 16.5. The lowest BCUT2D eigenvalue weighted by molar-refractivity contribution is 1.18. The summed E-state index contributed by atoms with van der Waals surface area (Å²) in [5.74, 6) is 0. The van der Waals surface area contributed by atoms with Gasteiger partial charge in [-0.25, -0.2) is 0 Å². The zero-order valence-corrected chi connectivity index (χ0v) is 27.4. The predicted octanol–water partition coefficient (Wildman–Crippen LogP) is 12.7. The maximum Gasteiger partial charge on any atom is 0.0622 e. The van der Waals surface area contributed by atoms with Crippen LogP contribution < -0.4 is 0 Å². The first-order valence-electron chi connectivity index (χ1n) is 16.5. The summed E-state index contributed by atoms with van der Waals surface area (Å²) in [7, 11) is 0. The second kappa shape index (κ2) is 11.6. The van der Waals surface area contributed by atoms with Crippen molar-refractivity contribution in [3.63, 3.8) is 0 Å². The zero-order valence-electron chi connectivity index (χ0n) is 27.4. The lowest BCUT2D eigenvalue weighted by Crippen LogP contribution is -2.00. The number of hydrogen-bond acceptors (Lipinski definition) is 0. The van der Waals surface area contributed by atoms with E-state index >= 15 is 0 Å². The molecule has 0 aliphatic rings. The Kier molecular flexibility index (Phi) is 7.11. The maximum absolute atomic E-state index is 2.50. The number of nitrogens with zero attached hydrogens (tertiary/aromatic N) is 1. The van der Waals surface area contributed by atoms with Crippen LogP contribution in [-0.2, 0) is 0 Å². The Morgan fingerprint density at radius 1 is 0.362 bits per heavy atom. The van der Waals surface area contributed by atoms with Crippen LogP contribution in [0.5, 0.6) is 0 Å². The average molecular weight is 604 g/mol. The van der Waals surface area contributed by atoms with Crippen molar-refractivity contribution in [3.8, 4) is 50.2 Å². The second-order valence-corrected chi connectivity index (χ2v) is 12.8. The molecule has 0 amide bonds. The van der Waals surface area contributed by atoms with Gasteiger partial charge in [0.05, 0.1) is 16.7 Å². The van der Waals surface area contributed by atoms with Gasteiger partial charge in [0, 0.05) is 21.9 Å². The summed E-state index contributed by atoms with van der Waals surface area (Å²) < 4.78 is 2.50. The summed E-state index contributed by atoms with van der Waals surface area (Å²) in [4.78, 5) is 0. The first kappa shape index (κ1) is 28.8. The summed E-state index contributed by atoms with van der Waals surface area (Å²) in [6, 6.07) is 55.6. The third-order valence-electron chi connectivity index (χ3n) is 9.78. The largest absolute Gasteiger partial charge is 0.308 e. The molecule has 0 spiro atoms. The van der Waals surface area contributed by atoms with Crippen LogP contribution in [0.3, 0.4) is 0 Å². The highest BCUT2D eigenvalue weighted by Crippen LogP contribution is 2.43. The summed E-state index contributed by atoms with van der Waals surface area (Å²) >= 11 is 0. The van der Waals surface area contributed by atoms with Crippen molar-refractivity contribution in [2.75, 3.05) is 0 Å². The topological polar surface area (TPSA) is 4.93 Å². The standard InChI is InChI=1S/C46H37N/c1-30-14-5-7-18-37(30)42-29-35(26-24-32(42)3)34-16-13-17-36(28-34)39-20-9-11-22-43(39)47-44-23-12-10-21-40(44)41-27-25-33(4)45(46(41)47)38-19-8-6-15-31(38)2/h5-29H,1-4H3. The second-order valence-electron chi connectivity index (χ2n) is 12.8. The van der Waals surface area contributed by atoms with Crippen LogP contribution in [0.2, 0.25) is 0 Å². The number of para-hydroxylation sites is 2. The van der Waals surface area contributed by atoms with Crippen molar-refractivity contribution in [3.05, 3.63) is 174 Å². The van der Waals surface area contributed by atoms with E-state index in [1.807, 2.05) is 0 Å². The lowest BCUT2D eigenvalue weighted by atomic mass is 9.92. The number of aryl methyl sites for hydroxylation is 4. The Balaban J connectivity index is 1.35. The molecule has 0 unspecified atom stereocenters. The molecule has 7 aromatic carbocycles. The van der Waals surface area contributed by atoms with Crippen molar-refractivity contribution in [2.24, 2.45) is 0 Å². The van der Waals surface area contributed by atoms with Crippen LogP contribution in [-0.4, -0.2) is 4.57 Å². The Morgan fingerprint density at radius 2 is 0.957 bits per heavy atom. The van der Waals surface area contributed by atoms with Gasteiger partial charge in [-0.3, -0.25) is 0 Å². The van der Waals surface area contributed by atoms with Crippen molar-refractivity contribution in [2.45, 2.75) is 27.7 Å². The quantitative estimate of drug-likeness (QED) is 0.184. The van der Waals surface area contributed by atoms with Gasteiger partial charge in [-0.05, 0) is 108 Å². The van der Waals surface area contributed by atoms with Crippen LogP contribution in [0.1, 0.15) is 22.3 Å². The van der Waals surface area contributed by atoms with Crippen LogP contribution in [0.4, 0.5) is 0 Å². The Hall–Kier alpha value is -5.66. The molecular formula is C46H37N. The summed E-state index contributed by atoms with van der Waals surface area (Å²) in [5.41, 5.74) is 18.8. The molecule has 1 heteroatoms. The van der Waals surface area contributed by atoms with Crippen LogP contribution in [0, 0.1) is 27.7 Å². The number of benzene rings is 7. The van der Waals surface area contributed by atoms with Crippen LogP contribution in [0.25, 0.3) is 72.0 Å². The fourth-order valence-corrected chi connectivity index (χ4v) is 7.35. The van der Waals surface area contributed by atoms with E-state index < -0.39 is 0 Å². The van der Waals surface area contributed by atoms with Crippen molar-refractivity contribution in [1.29, 1.82) is 0 Å². The number of rotatable bonds is 5. The Morgan fingerprint density at radius 3 is 1.74 bits per heavy atom. The normalized spacial score (nSPS) is 11.4. The molecule has 0 saturated carbocycles. The molecular weight excluding hydrogens is 567 g/mol. The van der Waals surface area contributed by atoms with Gasteiger partial charge in [-0.1, -0.05) is 127 Å². The molecule has 1 aromatic heterocycles. The van der Waals surface area contributed by atoms with Gasteiger partial charge in [0.2, 0.25) is 0 Å². The van der Waals surface area contributed by atoms with Gasteiger partial charge >= 0.3 is 0 Å². The smallest absolute Gasteiger partial charge is 0.0622 e. The molecule has 0 radical (unpaired) electrons. The molecule has 8 aromatic rings. The highest BCUT2D eigenvalue weighted by Gasteiger charge is 2.21. The Labute approximate surface area is 277 Å². The molecule has 1 nitrogen and oxygen atoms in total. The third-order valence-corrected chi connectivity index (χ3v) is 9.78. The van der Waals surface area contributed by atoms with E-state index in [-0.39, 0.29) is 0 Å². The van der Waals surface area contributed by atoms with Gasteiger partial charge in [0.1, 0.15) is 0 Å². The molecule has 0 bridgehead atoms. The molecule has 0 saturated heterocycles. The minimum Gasteiger partial charge on any atom is -0.308 e. The summed E-state index contributed by atoms with van der Waals surface area (Å²) in [6.45, 7) is 8.86. The summed E-state index contributed by atoms with van der Waals surface area (Å²) in [6.07, 6.45) is 0. The fourth-order valence-electron chi connectivity index (χ4n) is 7.35. The van der Waals surface area contributed by atoms with Gasteiger partial charge < -0.3 is 4.57 Å². The monoisotopic (exact) mass is 603 g/mol. The minimum atomic E-state index is 1.18. The fraction of sp³-hybridized carbons (Fsp3) is 0.0870. The van der Waals surface area contributed by atoms with E-state index in [9.17, 15) is 0 Å². The lowest BCUT2D eigenvalue weighted by Gasteiger charge is -2.18. The number of fused-ring (bicyclic) bond motifs is 3. The van der Waals surface area contributed by atoms with E-state index in [0.29, 0.717) is 0 Å². The van der Waals surface area contributed by atoms with Gasteiger partial charge in [0.25, 0.3) is 0 Å². The zero-order chi connectivity index (χ0) is 32.1. The van der Waals surface area contributed by atoms with E-state index in [2.05, 4.69) is 184 Å². The minimum absolute atomic E-state index is 1.18. The van der Waals surface area contributed by atoms with Crippen LogP contribution >= 0.6 is 0 Å². The van der Waals surface area contributed by atoms with Crippen molar-refractivity contribution in [1.82, 2.24) is 4.57 Å².